The fourth-order valence-electron chi connectivity index (χ4n) is 4.00. The molecule has 0 saturated carbocycles. The second kappa shape index (κ2) is 9.94. The first-order valence-electron chi connectivity index (χ1n) is 10.4. The van der Waals surface area contributed by atoms with E-state index in [0.29, 0.717) is 54.4 Å². The molecule has 1 saturated heterocycles. The van der Waals surface area contributed by atoms with Crippen LogP contribution in [0.2, 0.25) is 5.02 Å². The molecule has 7 nitrogen and oxygen atoms in total. The number of fused-ring (bicyclic) bond motifs is 1. The summed E-state index contributed by atoms with van der Waals surface area (Å²) in [5, 5.41) is 3.39. The van der Waals surface area contributed by atoms with Crippen molar-refractivity contribution in [1.82, 2.24) is 9.80 Å². The third-order valence-corrected chi connectivity index (χ3v) is 7.10. The van der Waals surface area contributed by atoms with Crippen LogP contribution >= 0.6 is 23.4 Å². The molecule has 2 heterocycles. The predicted molar refractivity (Wildman–Crippen MR) is 124 cm³/mol. The molecule has 2 aromatic carbocycles. The zero-order chi connectivity index (χ0) is 22.7. The summed E-state index contributed by atoms with van der Waals surface area (Å²) < 4.78 is 5.03. The first-order chi connectivity index (χ1) is 15.5. The predicted octanol–water partition coefficient (Wildman–Crippen LogP) is 3.45. The van der Waals surface area contributed by atoms with Gasteiger partial charge in [-0.2, -0.15) is 0 Å². The maximum Gasteiger partial charge on any atom is 0.327 e. The number of esters is 1. The van der Waals surface area contributed by atoms with Crippen LogP contribution in [0.25, 0.3) is 0 Å². The molecular weight excluding hydrogens is 450 g/mol. The fraction of sp³-hybridized carbons (Fsp3) is 0.348. The molecule has 9 heteroatoms. The van der Waals surface area contributed by atoms with Crippen LogP contribution in [0.1, 0.15) is 28.4 Å². The Kier molecular flexibility index (Phi) is 7.03. The number of piperazine rings is 1. The summed E-state index contributed by atoms with van der Waals surface area (Å²) in [7, 11) is 1.36. The van der Waals surface area contributed by atoms with Gasteiger partial charge in [0.15, 0.2) is 0 Å². The van der Waals surface area contributed by atoms with Gasteiger partial charge in [0.1, 0.15) is 6.04 Å². The summed E-state index contributed by atoms with van der Waals surface area (Å²) in [6.45, 7) is 1.95. The van der Waals surface area contributed by atoms with Crippen molar-refractivity contribution < 1.29 is 19.1 Å². The van der Waals surface area contributed by atoms with Crippen molar-refractivity contribution in [3.8, 4) is 0 Å². The van der Waals surface area contributed by atoms with Gasteiger partial charge in [0, 0.05) is 53.8 Å². The van der Waals surface area contributed by atoms with Crippen molar-refractivity contribution in [2.45, 2.75) is 17.4 Å². The average Bonchev–Trinajstić information content (AvgIpc) is 3.00. The second-order valence-corrected chi connectivity index (χ2v) is 9.18. The number of nitrogens with one attached hydrogen (secondary N) is 1. The topological polar surface area (TPSA) is 79.0 Å². The van der Waals surface area contributed by atoms with Crippen LogP contribution in [0.5, 0.6) is 0 Å². The molecule has 1 fully saturated rings. The van der Waals surface area contributed by atoms with Crippen molar-refractivity contribution >= 4 is 46.8 Å². The van der Waals surface area contributed by atoms with E-state index in [0.717, 1.165) is 10.6 Å². The van der Waals surface area contributed by atoms with Crippen LogP contribution in [0.4, 0.5) is 5.69 Å². The van der Waals surface area contributed by atoms with E-state index in [9.17, 15) is 14.4 Å². The highest BCUT2D eigenvalue weighted by molar-refractivity contribution is 7.99. The van der Waals surface area contributed by atoms with E-state index in [1.807, 2.05) is 29.2 Å². The number of ether oxygens (including phenoxy) is 1. The lowest BCUT2D eigenvalue weighted by Crippen LogP contribution is -2.51. The molecule has 2 amide bonds. The molecule has 1 unspecified atom stereocenters. The van der Waals surface area contributed by atoms with Crippen LogP contribution in [0.15, 0.2) is 47.4 Å². The number of halogens is 1. The number of carbonyl (C=O) groups excluding carboxylic acids is 3. The van der Waals surface area contributed by atoms with E-state index in [-0.39, 0.29) is 17.8 Å². The third-order valence-electron chi connectivity index (χ3n) is 5.68. The molecule has 32 heavy (non-hydrogen) atoms. The molecule has 4 rings (SSSR count). The fourth-order valence-corrected chi connectivity index (χ4v) is 5.18. The number of nitrogens with zero attached hydrogens (tertiary/aromatic N) is 2. The maximum atomic E-state index is 13.1. The highest BCUT2D eigenvalue weighted by atomic mass is 35.5. The van der Waals surface area contributed by atoms with Crippen molar-refractivity contribution in [1.29, 1.82) is 0 Å². The molecule has 1 atom stereocenters. The Labute approximate surface area is 196 Å². The molecule has 0 spiro atoms. The smallest absolute Gasteiger partial charge is 0.327 e. The van der Waals surface area contributed by atoms with Crippen LogP contribution in [0, 0.1) is 0 Å². The Morgan fingerprint density at radius 3 is 2.59 bits per heavy atom. The van der Waals surface area contributed by atoms with Crippen LogP contribution in [-0.2, 0) is 14.3 Å². The number of methoxy groups -OCH3 is 1. The van der Waals surface area contributed by atoms with Gasteiger partial charge in [-0.05, 0) is 29.8 Å². The van der Waals surface area contributed by atoms with Crippen molar-refractivity contribution in [2.24, 2.45) is 0 Å². The number of hydrogen-bond donors (Lipinski definition) is 1. The standard InChI is InChI=1S/C23H24ClN3O4S/c1-31-23(30)21(16-4-2-3-5-17(16)24)26-9-11-27(12-10-26)22(29)15-6-7-19-18(14-15)25-20(28)8-13-32-19/h2-7,14,21H,8-13H2,1H3,(H,25,28). The molecule has 0 bridgehead atoms. The van der Waals surface area contributed by atoms with E-state index in [1.165, 1.54) is 7.11 Å². The number of hydrogen-bond acceptors (Lipinski definition) is 6. The summed E-state index contributed by atoms with van der Waals surface area (Å²) in [4.78, 5) is 42.3. The molecule has 2 aliphatic rings. The zero-order valence-corrected chi connectivity index (χ0v) is 19.2. The lowest BCUT2D eigenvalue weighted by atomic mass is 10.0. The van der Waals surface area contributed by atoms with E-state index in [1.54, 1.807) is 34.9 Å². The van der Waals surface area contributed by atoms with Gasteiger partial charge in [0.25, 0.3) is 5.91 Å². The lowest BCUT2D eigenvalue weighted by molar-refractivity contribution is -0.148. The number of anilines is 1. The van der Waals surface area contributed by atoms with Gasteiger partial charge >= 0.3 is 5.97 Å². The van der Waals surface area contributed by atoms with Gasteiger partial charge in [-0.1, -0.05) is 29.8 Å². The van der Waals surface area contributed by atoms with E-state index >= 15 is 0 Å². The van der Waals surface area contributed by atoms with Crippen LogP contribution in [-0.4, -0.2) is 66.6 Å². The number of thioether (sulfide) groups is 1. The number of amides is 2. The molecule has 1 N–H and O–H groups in total. The number of benzene rings is 2. The summed E-state index contributed by atoms with van der Waals surface area (Å²) in [6, 6.07) is 12.1. The van der Waals surface area contributed by atoms with E-state index in [2.05, 4.69) is 5.32 Å². The Balaban J connectivity index is 1.47. The average molecular weight is 474 g/mol. The molecule has 0 radical (unpaired) electrons. The van der Waals surface area contributed by atoms with Crippen LogP contribution < -0.4 is 5.32 Å². The second-order valence-electron chi connectivity index (χ2n) is 7.63. The van der Waals surface area contributed by atoms with Gasteiger partial charge in [-0.25, -0.2) is 4.79 Å². The van der Waals surface area contributed by atoms with Gasteiger partial charge in [-0.15, -0.1) is 11.8 Å². The van der Waals surface area contributed by atoms with Gasteiger partial charge < -0.3 is 15.0 Å². The lowest BCUT2D eigenvalue weighted by Gasteiger charge is -2.38. The summed E-state index contributed by atoms with van der Waals surface area (Å²) >= 11 is 7.95. The maximum absolute atomic E-state index is 13.1. The largest absolute Gasteiger partial charge is 0.468 e. The van der Waals surface area contributed by atoms with Crippen molar-refractivity contribution in [2.75, 3.05) is 44.4 Å². The third kappa shape index (κ3) is 4.77. The van der Waals surface area contributed by atoms with Gasteiger partial charge in [0.2, 0.25) is 5.91 Å². The van der Waals surface area contributed by atoms with Crippen LogP contribution in [0.3, 0.4) is 0 Å². The quantitative estimate of drug-likeness (QED) is 0.685. The first kappa shape index (κ1) is 22.6. The summed E-state index contributed by atoms with van der Waals surface area (Å²) in [5.74, 6) is 0.212. The Bertz CT molecular complexity index is 1040. The number of carbonyl (C=O) groups is 3. The Morgan fingerprint density at radius 2 is 1.88 bits per heavy atom. The summed E-state index contributed by atoms with van der Waals surface area (Å²) in [6.07, 6.45) is 0.456. The molecule has 0 aromatic heterocycles. The highest BCUT2D eigenvalue weighted by Crippen LogP contribution is 2.33. The molecule has 2 aliphatic heterocycles. The molecular formula is C23H24ClN3O4S. The SMILES string of the molecule is COC(=O)C(c1ccccc1Cl)N1CCN(C(=O)c2ccc3c(c2)NC(=O)CCS3)CC1. The Morgan fingerprint density at radius 1 is 1.12 bits per heavy atom. The number of rotatable bonds is 4. The van der Waals surface area contributed by atoms with Crippen molar-refractivity contribution in [3.63, 3.8) is 0 Å². The first-order valence-corrected chi connectivity index (χ1v) is 11.8. The zero-order valence-electron chi connectivity index (χ0n) is 17.7. The van der Waals surface area contributed by atoms with Gasteiger partial charge in [-0.3, -0.25) is 14.5 Å². The minimum atomic E-state index is -0.620. The van der Waals surface area contributed by atoms with E-state index in [4.69, 9.17) is 16.3 Å². The Hall–Kier alpha value is -2.55. The van der Waals surface area contributed by atoms with E-state index < -0.39 is 6.04 Å². The van der Waals surface area contributed by atoms with Crippen molar-refractivity contribution in [3.05, 3.63) is 58.6 Å². The summed E-state index contributed by atoms with van der Waals surface area (Å²) in [5.41, 5.74) is 1.92. The minimum Gasteiger partial charge on any atom is -0.468 e. The van der Waals surface area contributed by atoms with Gasteiger partial charge in [0.05, 0.1) is 12.8 Å². The normalized spacial score (nSPS) is 17.7. The highest BCUT2D eigenvalue weighted by Gasteiger charge is 2.33. The monoisotopic (exact) mass is 473 g/mol. The minimum absolute atomic E-state index is 0.0390. The molecule has 2 aromatic rings. The molecule has 0 aliphatic carbocycles. The molecule has 168 valence electrons.